The van der Waals surface area contributed by atoms with Crippen molar-refractivity contribution >= 4 is 0 Å². The van der Waals surface area contributed by atoms with Crippen LogP contribution in [-0.2, 0) is 0 Å². The quantitative estimate of drug-likeness (QED) is 0.725. The molecule has 3 aliphatic carbocycles. The van der Waals surface area contributed by atoms with Crippen LogP contribution in [0.15, 0.2) is 0 Å². The molecule has 2 spiro atoms. The van der Waals surface area contributed by atoms with Crippen molar-refractivity contribution in [3.8, 4) is 0 Å². The van der Waals surface area contributed by atoms with Gasteiger partial charge in [0, 0.05) is 6.04 Å². The average Bonchev–Trinajstić information content (AvgIpc) is 2.99. The third-order valence-electron chi connectivity index (χ3n) is 6.97. The van der Waals surface area contributed by atoms with E-state index in [1.54, 1.807) is 25.7 Å². The predicted molar refractivity (Wildman–Crippen MR) is 70.9 cm³/mol. The Hall–Kier alpha value is -0.0400. The molecule has 4 aliphatic rings. The Balaban J connectivity index is 1.61. The number of hydrogen-bond donors (Lipinski definition) is 1. The van der Waals surface area contributed by atoms with Gasteiger partial charge in [-0.25, -0.2) is 0 Å². The van der Waals surface area contributed by atoms with Crippen LogP contribution in [0.2, 0.25) is 0 Å². The summed E-state index contributed by atoms with van der Waals surface area (Å²) in [5.41, 5.74) is 1.56. The third-order valence-corrected chi connectivity index (χ3v) is 6.97. The number of nitrogens with one attached hydrogen (secondary N) is 1. The summed E-state index contributed by atoms with van der Waals surface area (Å²) in [6.45, 7) is 1.32. The van der Waals surface area contributed by atoms with E-state index in [0.717, 1.165) is 22.8 Å². The van der Waals surface area contributed by atoms with Crippen LogP contribution in [0.3, 0.4) is 0 Å². The highest BCUT2D eigenvalue weighted by Gasteiger charge is 2.56. The van der Waals surface area contributed by atoms with Crippen molar-refractivity contribution in [1.29, 1.82) is 0 Å². The highest BCUT2D eigenvalue weighted by atomic mass is 15.0. The van der Waals surface area contributed by atoms with Gasteiger partial charge in [-0.1, -0.05) is 25.7 Å². The summed E-state index contributed by atoms with van der Waals surface area (Å²) in [6.07, 6.45) is 16.9. The standard InChI is InChI=1S/C16H27N/c1-2-7-16(6-1)11-12-17-14(16)13-5-3-8-15(13)9-4-10-15/h13-14,17H,1-12H2. The van der Waals surface area contributed by atoms with Gasteiger partial charge in [0.25, 0.3) is 0 Å². The Morgan fingerprint density at radius 1 is 0.706 bits per heavy atom. The molecule has 1 aliphatic heterocycles. The molecule has 1 N–H and O–H groups in total. The first-order valence-corrected chi connectivity index (χ1v) is 8.08. The van der Waals surface area contributed by atoms with Gasteiger partial charge in [-0.15, -0.1) is 0 Å². The van der Waals surface area contributed by atoms with E-state index in [0.29, 0.717) is 0 Å². The van der Waals surface area contributed by atoms with E-state index < -0.39 is 0 Å². The van der Waals surface area contributed by atoms with Gasteiger partial charge >= 0.3 is 0 Å². The summed E-state index contributed by atoms with van der Waals surface area (Å²) in [4.78, 5) is 0. The minimum Gasteiger partial charge on any atom is -0.313 e. The van der Waals surface area contributed by atoms with Crippen LogP contribution >= 0.6 is 0 Å². The Morgan fingerprint density at radius 2 is 1.41 bits per heavy atom. The van der Waals surface area contributed by atoms with E-state index in [9.17, 15) is 0 Å². The van der Waals surface area contributed by atoms with Crippen molar-refractivity contribution in [2.24, 2.45) is 16.7 Å². The van der Waals surface area contributed by atoms with Crippen LogP contribution < -0.4 is 5.32 Å². The molecule has 2 unspecified atom stereocenters. The van der Waals surface area contributed by atoms with Gasteiger partial charge in [-0.3, -0.25) is 0 Å². The Bertz CT molecular complexity index is 293. The van der Waals surface area contributed by atoms with Crippen LogP contribution in [0.5, 0.6) is 0 Å². The van der Waals surface area contributed by atoms with Crippen LogP contribution in [0.25, 0.3) is 0 Å². The zero-order valence-corrected chi connectivity index (χ0v) is 11.1. The van der Waals surface area contributed by atoms with Crippen molar-refractivity contribution < 1.29 is 0 Å². The molecule has 0 aromatic heterocycles. The van der Waals surface area contributed by atoms with Gasteiger partial charge in [-0.2, -0.15) is 0 Å². The first-order chi connectivity index (χ1) is 8.35. The monoisotopic (exact) mass is 233 g/mol. The molecule has 4 rings (SSSR count). The lowest BCUT2D eigenvalue weighted by atomic mass is 9.57. The first-order valence-electron chi connectivity index (χ1n) is 8.08. The second-order valence-corrected chi connectivity index (χ2v) is 7.47. The highest BCUT2D eigenvalue weighted by Crippen LogP contribution is 2.62. The molecular formula is C16H27N. The lowest BCUT2D eigenvalue weighted by Crippen LogP contribution is -2.49. The molecule has 1 heterocycles. The van der Waals surface area contributed by atoms with E-state index in [1.165, 1.54) is 51.5 Å². The van der Waals surface area contributed by atoms with Gasteiger partial charge in [-0.05, 0) is 68.2 Å². The summed E-state index contributed by atoms with van der Waals surface area (Å²) in [6, 6.07) is 0.910. The minimum absolute atomic E-state index is 0.748. The SMILES string of the molecule is C1CC(C2NCCC23CCCC3)C2(C1)CCC2. The Labute approximate surface area is 106 Å². The maximum Gasteiger partial charge on any atom is 0.0157 e. The summed E-state index contributed by atoms with van der Waals surface area (Å²) in [7, 11) is 0. The Kier molecular flexibility index (Phi) is 2.38. The van der Waals surface area contributed by atoms with E-state index in [1.807, 2.05) is 0 Å². The van der Waals surface area contributed by atoms with Gasteiger partial charge < -0.3 is 5.32 Å². The topological polar surface area (TPSA) is 12.0 Å². The van der Waals surface area contributed by atoms with Crippen molar-refractivity contribution in [1.82, 2.24) is 5.32 Å². The molecular weight excluding hydrogens is 206 g/mol. The van der Waals surface area contributed by atoms with Gasteiger partial charge in [0.05, 0.1) is 0 Å². The zero-order valence-electron chi connectivity index (χ0n) is 11.1. The molecule has 4 fully saturated rings. The number of rotatable bonds is 1. The number of hydrogen-bond acceptors (Lipinski definition) is 1. The average molecular weight is 233 g/mol. The molecule has 96 valence electrons. The lowest BCUT2D eigenvalue weighted by molar-refractivity contribution is 0.0267. The highest BCUT2D eigenvalue weighted by molar-refractivity contribution is 5.10. The van der Waals surface area contributed by atoms with E-state index in [-0.39, 0.29) is 0 Å². The van der Waals surface area contributed by atoms with Crippen LogP contribution in [0.1, 0.15) is 70.6 Å². The lowest BCUT2D eigenvalue weighted by Gasteiger charge is -2.49. The van der Waals surface area contributed by atoms with E-state index in [4.69, 9.17) is 0 Å². The fourth-order valence-electron chi connectivity index (χ4n) is 6.00. The fourth-order valence-corrected chi connectivity index (χ4v) is 6.00. The van der Waals surface area contributed by atoms with Gasteiger partial charge in [0.15, 0.2) is 0 Å². The van der Waals surface area contributed by atoms with Gasteiger partial charge in [0.1, 0.15) is 0 Å². The van der Waals surface area contributed by atoms with Crippen LogP contribution in [0.4, 0.5) is 0 Å². The molecule has 3 saturated carbocycles. The summed E-state index contributed by atoms with van der Waals surface area (Å²) >= 11 is 0. The second-order valence-electron chi connectivity index (χ2n) is 7.47. The zero-order chi connectivity index (χ0) is 11.3. The van der Waals surface area contributed by atoms with Crippen molar-refractivity contribution in [2.45, 2.75) is 76.7 Å². The molecule has 0 amide bonds. The van der Waals surface area contributed by atoms with E-state index in [2.05, 4.69) is 5.32 Å². The van der Waals surface area contributed by atoms with Gasteiger partial charge in [0.2, 0.25) is 0 Å². The van der Waals surface area contributed by atoms with Crippen LogP contribution in [-0.4, -0.2) is 12.6 Å². The van der Waals surface area contributed by atoms with Crippen molar-refractivity contribution in [3.05, 3.63) is 0 Å². The maximum atomic E-state index is 3.95. The largest absolute Gasteiger partial charge is 0.313 e. The predicted octanol–water partition coefficient (Wildman–Crippen LogP) is 3.88. The second kappa shape index (κ2) is 3.73. The molecule has 0 aromatic carbocycles. The molecule has 0 aromatic rings. The molecule has 2 atom stereocenters. The molecule has 0 bridgehead atoms. The maximum absolute atomic E-state index is 3.95. The third kappa shape index (κ3) is 1.41. The molecule has 1 nitrogen and oxygen atoms in total. The summed E-state index contributed by atoms with van der Waals surface area (Å²) < 4.78 is 0. The van der Waals surface area contributed by atoms with Crippen molar-refractivity contribution in [3.63, 3.8) is 0 Å². The summed E-state index contributed by atoms with van der Waals surface area (Å²) in [5, 5.41) is 3.95. The molecule has 0 radical (unpaired) electrons. The smallest absolute Gasteiger partial charge is 0.0157 e. The normalized spacial score (nSPS) is 42.4. The van der Waals surface area contributed by atoms with Crippen molar-refractivity contribution in [2.75, 3.05) is 6.54 Å². The van der Waals surface area contributed by atoms with Crippen LogP contribution in [0, 0.1) is 16.7 Å². The minimum atomic E-state index is 0.748. The Morgan fingerprint density at radius 3 is 2.12 bits per heavy atom. The molecule has 17 heavy (non-hydrogen) atoms. The fraction of sp³-hybridized carbons (Fsp3) is 1.00. The molecule has 1 saturated heterocycles. The van der Waals surface area contributed by atoms with E-state index >= 15 is 0 Å². The molecule has 1 heteroatoms. The summed E-state index contributed by atoms with van der Waals surface area (Å²) in [5.74, 6) is 1.05. The first kappa shape index (κ1) is 10.8.